The van der Waals surface area contributed by atoms with Crippen molar-refractivity contribution in [2.45, 2.75) is 44.7 Å². The number of nitrogens with two attached hydrogens (primary N) is 1. The molecule has 2 N–H and O–H groups in total. The van der Waals surface area contributed by atoms with Gasteiger partial charge < -0.3 is 15.1 Å². The van der Waals surface area contributed by atoms with Crippen LogP contribution in [-0.2, 0) is 0 Å². The Morgan fingerprint density at radius 2 is 2.17 bits per heavy atom. The summed E-state index contributed by atoms with van der Waals surface area (Å²) in [7, 11) is 0. The number of rotatable bonds is 3. The molecule has 0 aromatic carbocycles. The zero-order chi connectivity index (χ0) is 13.1. The highest BCUT2D eigenvalue weighted by Crippen LogP contribution is 2.25. The largest absolute Gasteiger partial charge is 0.452 e. The summed E-state index contributed by atoms with van der Waals surface area (Å²) in [6.45, 7) is 2.67. The predicted molar refractivity (Wildman–Crippen MR) is 70.7 cm³/mol. The minimum atomic E-state index is -0.0447. The van der Waals surface area contributed by atoms with Crippen molar-refractivity contribution in [2.24, 2.45) is 5.73 Å². The molecule has 0 bridgehead atoms. The Hall–Kier alpha value is -1.00. The van der Waals surface area contributed by atoms with Gasteiger partial charge in [0.15, 0.2) is 0 Å². The van der Waals surface area contributed by atoms with E-state index < -0.39 is 0 Å². The van der Waals surface area contributed by atoms with Gasteiger partial charge in [0.1, 0.15) is 0 Å². The maximum Gasteiger partial charge on any atom is 0.258 e. The smallest absolute Gasteiger partial charge is 0.258 e. The first-order valence-electron chi connectivity index (χ1n) is 6.43. The van der Waals surface area contributed by atoms with E-state index in [9.17, 15) is 4.79 Å². The summed E-state index contributed by atoms with van der Waals surface area (Å²) in [6, 6.07) is 2.18. The molecule has 4 nitrogen and oxygen atoms in total. The van der Waals surface area contributed by atoms with Gasteiger partial charge in [0.05, 0.1) is 11.8 Å². The van der Waals surface area contributed by atoms with E-state index in [1.807, 2.05) is 11.8 Å². The van der Waals surface area contributed by atoms with Gasteiger partial charge in [-0.25, -0.2) is 0 Å². The van der Waals surface area contributed by atoms with Crippen LogP contribution < -0.4 is 5.73 Å². The highest BCUT2D eigenvalue weighted by Gasteiger charge is 2.28. The molecule has 0 saturated heterocycles. The van der Waals surface area contributed by atoms with E-state index in [1.54, 1.807) is 6.07 Å². The van der Waals surface area contributed by atoms with Crippen molar-refractivity contribution in [2.75, 3.05) is 6.54 Å². The summed E-state index contributed by atoms with van der Waals surface area (Å²) in [6.07, 6.45) is 5.34. The van der Waals surface area contributed by atoms with E-state index in [-0.39, 0.29) is 23.2 Å². The molecule has 1 saturated carbocycles. The minimum absolute atomic E-state index is 0.0447. The molecule has 2 rings (SSSR count). The van der Waals surface area contributed by atoms with Crippen LogP contribution in [0.1, 0.15) is 43.0 Å². The Morgan fingerprint density at radius 3 is 2.67 bits per heavy atom. The van der Waals surface area contributed by atoms with Crippen LogP contribution in [0.25, 0.3) is 0 Å². The number of furan rings is 1. The summed E-state index contributed by atoms with van der Waals surface area (Å²) >= 11 is 5.86. The molecule has 0 spiro atoms. The lowest BCUT2D eigenvalue weighted by atomic mass is 9.90. The van der Waals surface area contributed by atoms with E-state index in [2.05, 4.69) is 0 Å². The quantitative estimate of drug-likeness (QED) is 0.919. The van der Waals surface area contributed by atoms with Gasteiger partial charge in [0, 0.05) is 18.6 Å². The van der Waals surface area contributed by atoms with Gasteiger partial charge in [-0.15, -0.1) is 0 Å². The van der Waals surface area contributed by atoms with Crippen molar-refractivity contribution >= 4 is 17.5 Å². The molecule has 0 unspecified atom stereocenters. The van der Waals surface area contributed by atoms with Crippen LogP contribution in [0.15, 0.2) is 16.7 Å². The van der Waals surface area contributed by atoms with Gasteiger partial charge in [-0.2, -0.15) is 0 Å². The van der Waals surface area contributed by atoms with Crippen molar-refractivity contribution < 1.29 is 9.21 Å². The lowest BCUT2D eigenvalue weighted by Gasteiger charge is -2.35. The van der Waals surface area contributed by atoms with E-state index in [4.69, 9.17) is 21.8 Å². The lowest BCUT2D eigenvalue weighted by molar-refractivity contribution is 0.0640. The monoisotopic (exact) mass is 270 g/mol. The molecule has 0 atom stereocenters. The third-order valence-corrected chi connectivity index (χ3v) is 3.92. The van der Waals surface area contributed by atoms with E-state index in [1.165, 1.54) is 6.26 Å². The van der Waals surface area contributed by atoms with E-state index >= 15 is 0 Å². The molecule has 0 aliphatic heterocycles. The van der Waals surface area contributed by atoms with Crippen molar-refractivity contribution in [3.63, 3.8) is 0 Å². The maximum atomic E-state index is 12.4. The van der Waals surface area contributed by atoms with Gasteiger partial charge in [-0.05, 0) is 50.3 Å². The van der Waals surface area contributed by atoms with Gasteiger partial charge in [0.2, 0.25) is 5.22 Å². The summed E-state index contributed by atoms with van der Waals surface area (Å²) in [5.41, 5.74) is 6.35. The van der Waals surface area contributed by atoms with Gasteiger partial charge in [0.25, 0.3) is 5.91 Å². The summed E-state index contributed by atoms with van der Waals surface area (Å²) in [5.74, 6) is -0.0447. The SMILES string of the molecule is CCN(C(=O)c1ccoc1Cl)C1CCC(N)CC1. The Bertz CT molecular complexity index is 411. The van der Waals surface area contributed by atoms with Crippen LogP contribution in [0.2, 0.25) is 5.22 Å². The van der Waals surface area contributed by atoms with Crippen molar-refractivity contribution in [1.82, 2.24) is 4.90 Å². The third kappa shape index (κ3) is 2.70. The fourth-order valence-electron chi connectivity index (χ4n) is 2.58. The standard InChI is InChI=1S/C13H19ClN2O2/c1-2-16(10-5-3-9(15)4-6-10)13(17)11-7-8-18-12(11)14/h7-10H,2-6,15H2,1H3. The molecule has 1 amide bonds. The second kappa shape index (κ2) is 5.76. The molecule has 1 fully saturated rings. The molecule has 1 aliphatic carbocycles. The van der Waals surface area contributed by atoms with Gasteiger partial charge in [-0.1, -0.05) is 0 Å². The zero-order valence-electron chi connectivity index (χ0n) is 10.6. The first kappa shape index (κ1) is 13.4. The summed E-state index contributed by atoms with van der Waals surface area (Å²) in [5, 5.41) is 0.172. The van der Waals surface area contributed by atoms with Crippen LogP contribution in [-0.4, -0.2) is 29.4 Å². The van der Waals surface area contributed by atoms with Crippen LogP contribution >= 0.6 is 11.6 Å². The van der Waals surface area contributed by atoms with Crippen molar-refractivity contribution in [1.29, 1.82) is 0 Å². The molecule has 0 radical (unpaired) electrons. The van der Waals surface area contributed by atoms with Crippen molar-refractivity contribution in [3.05, 3.63) is 23.1 Å². The predicted octanol–water partition coefficient (Wildman–Crippen LogP) is 2.67. The molecule has 1 aromatic heterocycles. The van der Waals surface area contributed by atoms with Crippen LogP contribution in [0.5, 0.6) is 0 Å². The molecule has 5 heteroatoms. The molecule has 1 aliphatic rings. The summed E-state index contributed by atoms with van der Waals surface area (Å²) in [4.78, 5) is 14.3. The third-order valence-electron chi connectivity index (χ3n) is 3.63. The van der Waals surface area contributed by atoms with E-state index in [0.29, 0.717) is 12.1 Å². The Labute approximate surface area is 112 Å². The molecular weight excluding hydrogens is 252 g/mol. The Balaban J connectivity index is 2.09. The zero-order valence-corrected chi connectivity index (χ0v) is 11.3. The fraction of sp³-hybridized carbons (Fsp3) is 0.615. The molecule has 100 valence electrons. The maximum absolute atomic E-state index is 12.4. The molecule has 1 heterocycles. The average molecular weight is 271 g/mol. The highest BCUT2D eigenvalue weighted by atomic mass is 35.5. The number of halogens is 1. The number of amides is 1. The van der Waals surface area contributed by atoms with Crippen LogP contribution in [0.4, 0.5) is 0 Å². The summed E-state index contributed by atoms with van der Waals surface area (Å²) < 4.78 is 4.98. The van der Waals surface area contributed by atoms with Crippen LogP contribution in [0, 0.1) is 0 Å². The topological polar surface area (TPSA) is 59.5 Å². The number of hydrogen-bond donors (Lipinski definition) is 1. The number of carbonyl (C=O) groups excluding carboxylic acids is 1. The number of hydrogen-bond acceptors (Lipinski definition) is 3. The fourth-order valence-corrected chi connectivity index (χ4v) is 2.78. The number of carbonyl (C=O) groups is 1. The van der Waals surface area contributed by atoms with Crippen LogP contribution in [0.3, 0.4) is 0 Å². The minimum Gasteiger partial charge on any atom is -0.452 e. The lowest BCUT2D eigenvalue weighted by Crippen LogP contribution is -2.44. The highest BCUT2D eigenvalue weighted by molar-refractivity contribution is 6.32. The average Bonchev–Trinajstić information content (AvgIpc) is 2.78. The first-order valence-corrected chi connectivity index (χ1v) is 6.80. The molecular formula is C13H19ClN2O2. The second-order valence-corrected chi connectivity index (χ2v) is 5.11. The Kier molecular flexibility index (Phi) is 4.30. The van der Waals surface area contributed by atoms with Crippen molar-refractivity contribution in [3.8, 4) is 0 Å². The second-order valence-electron chi connectivity index (χ2n) is 4.77. The normalized spacial score (nSPS) is 23.9. The first-order chi connectivity index (χ1) is 8.63. The molecule has 18 heavy (non-hydrogen) atoms. The van der Waals surface area contributed by atoms with Gasteiger partial charge >= 0.3 is 0 Å². The molecule has 1 aromatic rings. The van der Waals surface area contributed by atoms with E-state index in [0.717, 1.165) is 25.7 Å². The Morgan fingerprint density at radius 1 is 1.50 bits per heavy atom. The number of nitrogens with zero attached hydrogens (tertiary/aromatic N) is 1. The van der Waals surface area contributed by atoms with Gasteiger partial charge in [-0.3, -0.25) is 4.79 Å².